The number of nitrogens with zero attached hydrogens (tertiary/aromatic N) is 2. The van der Waals surface area contributed by atoms with Crippen LogP contribution in [-0.4, -0.2) is 49.3 Å². The zero-order valence-electron chi connectivity index (χ0n) is 18.4. The Morgan fingerprint density at radius 3 is 2.63 bits per heavy atom. The van der Waals surface area contributed by atoms with E-state index in [4.69, 9.17) is 14.5 Å². The maximum absolute atomic E-state index is 6.14. The van der Waals surface area contributed by atoms with Crippen LogP contribution in [0.25, 0.3) is 21.8 Å². The van der Waals surface area contributed by atoms with Crippen LogP contribution in [0.15, 0.2) is 36.4 Å². The van der Waals surface area contributed by atoms with Crippen LogP contribution in [0.4, 0.5) is 5.69 Å². The molecule has 1 aliphatic rings. The van der Waals surface area contributed by atoms with Crippen molar-refractivity contribution in [2.24, 2.45) is 0 Å². The monoisotopic (exact) mass is 407 g/mol. The van der Waals surface area contributed by atoms with E-state index in [1.807, 2.05) is 12.1 Å². The lowest BCUT2D eigenvalue weighted by Gasteiger charge is -2.19. The van der Waals surface area contributed by atoms with Crippen molar-refractivity contribution in [3.05, 3.63) is 36.4 Å². The molecule has 0 saturated carbocycles. The largest absolute Gasteiger partial charge is 0.493 e. The maximum Gasteiger partial charge on any atom is 0.163 e. The summed E-state index contributed by atoms with van der Waals surface area (Å²) >= 11 is 0. The lowest BCUT2D eigenvalue weighted by Crippen LogP contribution is -2.21. The summed E-state index contributed by atoms with van der Waals surface area (Å²) in [5, 5.41) is 5.89. The van der Waals surface area contributed by atoms with Gasteiger partial charge in [-0.05, 0) is 57.8 Å². The molecule has 2 heterocycles. The summed E-state index contributed by atoms with van der Waals surface area (Å²) < 4.78 is 11.8. The summed E-state index contributed by atoms with van der Waals surface area (Å²) in [4.78, 5) is 7.43. The number of fused-ring (bicyclic) bond motifs is 2. The first-order valence-electron chi connectivity index (χ1n) is 11.2. The van der Waals surface area contributed by atoms with E-state index >= 15 is 0 Å². The normalized spacial score (nSPS) is 15.6. The second-order valence-corrected chi connectivity index (χ2v) is 8.23. The third kappa shape index (κ3) is 4.46. The second-order valence-electron chi connectivity index (χ2n) is 8.23. The van der Waals surface area contributed by atoms with E-state index in [-0.39, 0.29) is 0 Å². The number of hydrogen-bond donors (Lipinski definition) is 1. The van der Waals surface area contributed by atoms with Gasteiger partial charge in [0.25, 0.3) is 0 Å². The Morgan fingerprint density at radius 2 is 1.87 bits per heavy atom. The molecule has 0 spiro atoms. The van der Waals surface area contributed by atoms with E-state index in [0.29, 0.717) is 12.6 Å². The van der Waals surface area contributed by atoms with E-state index in [2.05, 4.69) is 48.3 Å². The number of hydrogen-bond acceptors (Lipinski definition) is 5. The zero-order valence-corrected chi connectivity index (χ0v) is 18.4. The smallest absolute Gasteiger partial charge is 0.163 e. The number of aromatic nitrogens is 1. The third-order valence-electron chi connectivity index (χ3n) is 6.04. The van der Waals surface area contributed by atoms with Crippen LogP contribution >= 0.6 is 0 Å². The Morgan fingerprint density at radius 1 is 1.07 bits per heavy atom. The van der Waals surface area contributed by atoms with Gasteiger partial charge < -0.3 is 19.7 Å². The molecule has 4 rings (SSSR count). The predicted octanol–water partition coefficient (Wildman–Crippen LogP) is 5.47. The van der Waals surface area contributed by atoms with Crippen molar-refractivity contribution in [2.45, 2.75) is 45.6 Å². The van der Waals surface area contributed by atoms with Crippen LogP contribution in [0.3, 0.4) is 0 Å². The molecule has 0 aliphatic carbocycles. The fourth-order valence-corrected chi connectivity index (χ4v) is 4.15. The molecule has 2 aromatic carbocycles. The first-order valence-corrected chi connectivity index (χ1v) is 11.2. The highest BCUT2D eigenvalue weighted by Gasteiger charge is 2.16. The molecule has 1 aromatic heterocycles. The molecule has 0 radical (unpaired) electrons. The molecule has 30 heavy (non-hydrogen) atoms. The lowest BCUT2D eigenvalue weighted by atomic mass is 10.1. The van der Waals surface area contributed by atoms with Crippen LogP contribution < -0.4 is 14.8 Å². The van der Waals surface area contributed by atoms with Crippen molar-refractivity contribution in [3.63, 3.8) is 0 Å². The number of likely N-dealkylation sites (tertiary alicyclic amines) is 1. The number of benzene rings is 2. The SMILES string of the molecule is CCC(C)Nc1c2ccccc2nc2cc(OCCCN3CCCC3)c(OC)cc12. The van der Waals surface area contributed by atoms with Crippen molar-refractivity contribution in [1.82, 2.24) is 9.88 Å². The van der Waals surface area contributed by atoms with E-state index in [1.54, 1.807) is 7.11 Å². The standard InChI is InChI=1S/C25H33N3O2/c1-4-18(2)26-25-19-10-5-6-11-21(19)27-22-17-24(23(29-3)16-20(22)25)30-15-9-14-28-12-7-8-13-28/h5-6,10-11,16-18H,4,7-9,12-15H2,1-3H3,(H,26,27). The van der Waals surface area contributed by atoms with Gasteiger partial charge in [-0.2, -0.15) is 0 Å². The topological polar surface area (TPSA) is 46.6 Å². The van der Waals surface area contributed by atoms with Crippen molar-refractivity contribution in [3.8, 4) is 11.5 Å². The molecule has 1 N–H and O–H groups in total. The fourth-order valence-electron chi connectivity index (χ4n) is 4.15. The highest BCUT2D eigenvalue weighted by Crippen LogP contribution is 2.38. The fraction of sp³-hybridized carbons (Fsp3) is 0.480. The minimum atomic E-state index is 0.367. The minimum Gasteiger partial charge on any atom is -0.493 e. The third-order valence-corrected chi connectivity index (χ3v) is 6.04. The maximum atomic E-state index is 6.14. The van der Waals surface area contributed by atoms with Crippen LogP contribution in [0.5, 0.6) is 11.5 Å². The molecule has 1 unspecified atom stereocenters. The van der Waals surface area contributed by atoms with Gasteiger partial charge in [0.1, 0.15) is 0 Å². The molecule has 0 amide bonds. The molecule has 160 valence electrons. The van der Waals surface area contributed by atoms with Crippen LogP contribution in [0, 0.1) is 0 Å². The minimum absolute atomic E-state index is 0.367. The van der Waals surface area contributed by atoms with Gasteiger partial charge >= 0.3 is 0 Å². The van der Waals surface area contributed by atoms with Gasteiger partial charge in [0.05, 0.1) is 30.4 Å². The Hall–Kier alpha value is -2.53. The molecule has 1 fully saturated rings. The number of para-hydroxylation sites is 1. The van der Waals surface area contributed by atoms with E-state index < -0.39 is 0 Å². The molecular weight excluding hydrogens is 374 g/mol. The quantitative estimate of drug-likeness (QED) is 0.376. The second kappa shape index (κ2) is 9.52. The van der Waals surface area contributed by atoms with Gasteiger partial charge in [0.2, 0.25) is 0 Å². The zero-order chi connectivity index (χ0) is 20.9. The average Bonchev–Trinajstić information content (AvgIpc) is 3.29. The van der Waals surface area contributed by atoms with Crippen molar-refractivity contribution in [2.75, 3.05) is 38.7 Å². The number of rotatable bonds is 9. The number of nitrogens with one attached hydrogen (secondary N) is 1. The van der Waals surface area contributed by atoms with Gasteiger partial charge in [-0.25, -0.2) is 4.98 Å². The van der Waals surface area contributed by atoms with Gasteiger partial charge in [-0.1, -0.05) is 25.1 Å². The van der Waals surface area contributed by atoms with Gasteiger partial charge in [0.15, 0.2) is 11.5 Å². The molecule has 5 heteroatoms. The Labute approximate surface area is 179 Å². The highest BCUT2D eigenvalue weighted by atomic mass is 16.5. The van der Waals surface area contributed by atoms with Crippen LogP contribution in [0.1, 0.15) is 39.5 Å². The van der Waals surface area contributed by atoms with E-state index in [0.717, 1.165) is 58.4 Å². The number of ether oxygens (including phenoxy) is 2. The lowest BCUT2D eigenvalue weighted by molar-refractivity contribution is 0.254. The first-order chi connectivity index (χ1) is 14.7. The Balaban J connectivity index is 1.64. The number of anilines is 1. The number of methoxy groups -OCH3 is 1. The molecule has 1 saturated heterocycles. The summed E-state index contributed by atoms with van der Waals surface area (Å²) in [6.45, 7) is 8.63. The average molecular weight is 408 g/mol. The number of pyridine rings is 1. The molecule has 3 aromatic rings. The summed E-state index contributed by atoms with van der Waals surface area (Å²) in [6.07, 6.45) is 4.72. The first kappa shape index (κ1) is 20.7. The van der Waals surface area contributed by atoms with Crippen molar-refractivity contribution < 1.29 is 9.47 Å². The molecule has 1 aliphatic heterocycles. The highest BCUT2D eigenvalue weighted by molar-refractivity contribution is 6.08. The van der Waals surface area contributed by atoms with E-state index in [1.165, 1.54) is 25.9 Å². The summed E-state index contributed by atoms with van der Waals surface area (Å²) in [7, 11) is 1.70. The van der Waals surface area contributed by atoms with Gasteiger partial charge in [0, 0.05) is 29.4 Å². The van der Waals surface area contributed by atoms with E-state index in [9.17, 15) is 0 Å². The molecule has 5 nitrogen and oxygen atoms in total. The van der Waals surface area contributed by atoms with Crippen LogP contribution in [0.2, 0.25) is 0 Å². The molecule has 0 bridgehead atoms. The predicted molar refractivity (Wildman–Crippen MR) is 125 cm³/mol. The molecular formula is C25H33N3O2. The van der Waals surface area contributed by atoms with Gasteiger partial charge in [-0.15, -0.1) is 0 Å². The van der Waals surface area contributed by atoms with Crippen LogP contribution in [-0.2, 0) is 0 Å². The Bertz CT molecular complexity index is 999. The van der Waals surface area contributed by atoms with Gasteiger partial charge in [-0.3, -0.25) is 0 Å². The summed E-state index contributed by atoms with van der Waals surface area (Å²) in [6, 6.07) is 12.7. The summed E-state index contributed by atoms with van der Waals surface area (Å²) in [5.41, 5.74) is 3.03. The Kier molecular flexibility index (Phi) is 6.58. The molecule has 1 atom stereocenters. The van der Waals surface area contributed by atoms with Crippen molar-refractivity contribution in [1.29, 1.82) is 0 Å². The van der Waals surface area contributed by atoms with Crippen molar-refractivity contribution >= 4 is 27.5 Å². The summed E-state index contributed by atoms with van der Waals surface area (Å²) in [5.74, 6) is 1.52.